The molecule has 138 valence electrons. The van der Waals surface area contributed by atoms with Gasteiger partial charge < -0.3 is 15.3 Å². The molecule has 0 saturated carbocycles. The molecule has 0 atom stereocenters. The highest BCUT2D eigenvalue weighted by Crippen LogP contribution is 2.24. The van der Waals surface area contributed by atoms with Crippen molar-refractivity contribution >= 4 is 18.1 Å². The Labute approximate surface area is 145 Å². The number of amides is 1. The molecule has 1 aromatic rings. The molecule has 2 aliphatic rings. The number of piperidine rings is 1. The standard InChI is InChI=1S/C16H21F2N3O.CH2O2/c17-14-2-1-13(11-15(14)18)20-7-3-12(4-8-20)21-9-5-16(22)19-6-10-21;2-1-3/h1-2,11-12H,3-10H2,(H,19,22);1H,(H,2,3). The maximum atomic E-state index is 13.3. The summed E-state index contributed by atoms with van der Waals surface area (Å²) in [6.07, 6.45) is 2.52. The van der Waals surface area contributed by atoms with Gasteiger partial charge in [-0.25, -0.2) is 8.78 Å². The van der Waals surface area contributed by atoms with Crippen molar-refractivity contribution in [3.8, 4) is 0 Å². The van der Waals surface area contributed by atoms with E-state index in [0.29, 0.717) is 19.0 Å². The van der Waals surface area contributed by atoms with E-state index >= 15 is 0 Å². The summed E-state index contributed by atoms with van der Waals surface area (Å²) in [5.41, 5.74) is 0.741. The van der Waals surface area contributed by atoms with Crippen molar-refractivity contribution in [2.45, 2.75) is 25.3 Å². The van der Waals surface area contributed by atoms with Gasteiger partial charge >= 0.3 is 0 Å². The maximum Gasteiger partial charge on any atom is 0.290 e. The van der Waals surface area contributed by atoms with E-state index < -0.39 is 11.6 Å². The minimum Gasteiger partial charge on any atom is -0.483 e. The molecule has 2 saturated heterocycles. The van der Waals surface area contributed by atoms with Crippen LogP contribution in [0.15, 0.2) is 18.2 Å². The first kappa shape index (κ1) is 19.1. The Bertz CT molecular complexity index is 593. The predicted octanol–water partition coefficient (Wildman–Crippen LogP) is 1.46. The monoisotopic (exact) mass is 355 g/mol. The number of rotatable bonds is 2. The van der Waals surface area contributed by atoms with E-state index in [2.05, 4.69) is 15.1 Å². The lowest BCUT2D eigenvalue weighted by atomic mass is 10.0. The lowest BCUT2D eigenvalue weighted by Crippen LogP contribution is -2.46. The van der Waals surface area contributed by atoms with E-state index in [0.717, 1.165) is 44.7 Å². The molecular weight excluding hydrogens is 332 g/mol. The number of nitrogens with zero attached hydrogens (tertiary/aromatic N) is 2. The van der Waals surface area contributed by atoms with Gasteiger partial charge in [0, 0.05) is 56.9 Å². The summed E-state index contributed by atoms with van der Waals surface area (Å²) in [4.78, 5) is 24.2. The summed E-state index contributed by atoms with van der Waals surface area (Å²) >= 11 is 0. The fraction of sp³-hybridized carbons (Fsp3) is 0.529. The number of carboxylic acid groups (broad SMARTS) is 1. The third-order valence-electron chi connectivity index (χ3n) is 4.60. The Morgan fingerprint density at radius 1 is 1.12 bits per heavy atom. The summed E-state index contributed by atoms with van der Waals surface area (Å²) in [6, 6.07) is 4.55. The van der Waals surface area contributed by atoms with Crippen molar-refractivity contribution in [1.29, 1.82) is 0 Å². The molecule has 0 unspecified atom stereocenters. The first-order valence-corrected chi connectivity index (χ1v) is 8.33. The van der Waals surface area contributed by atoms with Crippen LogP contribution in [0.4, 0.5) is 14.5 Å². The van der Waals surface area contributed by atoms with Gasteiger partial charge in [-0.1, -0.05) is 0 Å². The summed E-state index contributed by atoms with van der Waals surface area (Å²) in [5.74, 6) is -1.47. The minimum atomic E-state index is -0.805. The summed E-state index contributed by atoms with van der Waals surface area (Å²) in [7, 11) is 0. The maximum absolute atomic E-state index is 13.3. The normalized spacial score (nSPS) is 19.4. The lowest BCUT2D eigenvalue weighted by Gasteiger charge is -2.39. The zero-order valence-corrected chi connectivity index (χ0v) is 14.0. The van der Waals surface area contributed by atoms with Gasteiger partial charge in [0.25, 0.3) is 6.47 Å². The predicted molar refractivity (Wildman–Crippen MR) is 89.5 cm³/mol. The van der Waals surface area contributed by atoms with E-state index in [9.17, 15) is 13.6 Å². The van der Waals surface area contributed by atoms with Crippen molar-refractivity contribution in [1.82, 2.24) is 10.2 Å². The molecule has 1 amide bonds. The fourth-order valence-electron chi connectivity index (χ4n) is 3.32. The zero-order valence-electron chi connectivity index (χ0n) is 14.0. The number of halogens is 2. The molecule has 2 N–H and O–H groups in total. The zero-order chi connectivity index (χ0) is 18.2. The van der Waals surface area contributed by atoms with Crippen LogP contribution in [0.5, 0.6) is 0 Å². The molecule has 3 rings (SSSR count). The van der Waals surface area contributed by atoms with Crippen molar-refractivity contribution in [2.24, 2.45) is 0 Å². The number of benzene rings is 1. The highest BCUT2D eigenvalue weighted by atomic mass is 19.2. The van der Waals surface area contributed by atoms with Crippen LogP contribution in [0.3, 0.4) is 0 Å². The Balaban J connectivity index is 0.000000701. The molecule has 6 nitrogen and oxygen atoms in total. The van der Waals surface area contributed by atoms with E-state index in [1.54, 1.807) is 6.07 Å². The number of carbonyl (C=O) groups is 2. The van der Waals surface area contributed by atoms with Gasteiger partial charge in [0.2, 0.25) is 5.91 Å². The van der Waals surface area contributed by atoms with Crippen LogP contribution in [-0.4, -0.2) is 61.2 Å². The largest absolute Gasteiger partial charge is 0.483 e. The van der Waals surface area contributed by atoms with Gasteiger partial charge in [-0.05, 0) is 25.0 Å². The van der Waals surface area contributed by atoms with Gasteiger partial charge in [0.15, 0.2) is 11.6 Å². The summed E-state index contributed by atoms with van der Waals surface area (Å²) in [5, 5.41) is 9.78. The number of hydrogen-bond donors (Lipinski definition) is 2. The van der Waals surface area contributed by atoms with Crippen LogP contribution in [0, 0.1) is 11.6 Å². The van der Waals surface area contributed by atoms with Crippen molar-refractivity contribution in [2.75, 3.05) is 37.6 Å². The van der Waals surface area contributed by atoms with E-state index in [-0.39, 0.29) is 12.4 Å². The van der Waals surface area contributed by atoms with Gasteiger partial charge in [0.1, 0.15) is 0 Å². The number of carbonyl (C=O) groups excluding carboxylic acids is 1. The number of nitrogens with one attached hydrogen (secondary N) is 1. The molecule has 0 radical (unpaired) electrons. The van der Waals surface area contributed by atoms with Gasteiger partial charge in [-0.2, -0.15) is 0 Å². The Morgan fingerprint density at radius 3 is 2.44 bits per heavy atom. The molecule has 0 spiro atoms. The molecule has 2 aliphatic heterocycles. The van der Waals surface area contributed by atoms with E-state index in [4.69, 9.17) is 9.90 Å². The second kappa shape index (κ2) is 9.31. The molecule has 0 bridgehead atoms. The van der Waals surface area contributed by atoms with Crippen molar-refractivity contribution in [3.63, 3.8) is 0 Å². The molecular formula is C17H23F2N3O3. The average Bonchev–Trinajstić information content (AvgIpc) is 2.83. The van der Waals surface area contributed by atoms with Crippen LogP contribution in [0.2, 0.25) is 0 Å². The molecule has 0 aromatic heterocycles. The smallest absolute Gasteiger partial charge is 0.290 e. The fourth-order valence-corrected chi connectivity index (χ4v) is 3.32. The molecule has 2 fully saturated rings. The lowest BCUT2D eigenvalue weighted by molar-refractivity contribution is -0.123. The van der Waals surface area contributed by atoms with Crippen LogP contribution >= 0.6 is 0 Å². The Hall–Kier alpha value is -2.22. The highest BCUT2D eigenvalue weighted by molar-refractivity contribution is 5.76. The van der Waals surface area contributed by atoms with Crippen LogP contribution < -0.4 is 10.2 Å². The molecule has 25 heavy (non-hydrogen) atoms. The second-order valence-corrected chi connectivity index (χ2v) is 6.06. The van der Waals surface area contributed by atoms with Crippen LogP contribution in [-0.2, 0) is 9.59 Å². The molecule has 1 aromatic carbocycles. The first-order chi connectivity index (χ1) is 12.0. The topological polar surface area (TPSA) is 72.9 Å². The Morgan fingerprint density at radius 2 is 1.80 bits per heavy atom. The SMILES string of the molecule is O=C1CCN(C2CCN(c3ccc(F)c(F)c3)CC2)CCN1.O=CO. The van der Waals surface area contributed by atoms with Crippen LogP contribution in [0.1, 0.15) is 19.3 Å². The van der Waals surface area contributed by atoms with Gasteiger partial charge in [-0.15, -0.1) is 0 Å². The van der Waals surface area contributed by atoms with Gasteiger partial charge in [-0.3, -0.25) is 14.5 Å². The van der Waals surface area contributed by atoms with Gasteiger partial charge in [0.05, 0.1) is 0 Å². The molecule has 8 heteroatoms. The van der Waals surface area contributed by atoms with E-state index in [1.807, 2.05) is 0 Å². The average molecular weight is 355 g/mol. The van der Waals surface area contributed by atoms with Crippen LogP contribution in [0.25, 0.3) is 0 Å². The first-order valence-electron chi connectivity index (χ1n) is 8.33. The summed E-state index contributed by atoms with van der Waals surface area (Å²) < 4.78 is 26.3. The number of hydrogen-bond acceptors (Lipinski definition) is 4. The Kier molecular flexibility index (Phi) is 7.12. The molecule has 2 heterocycles. The van der Waals surface area contributed by atoms with Crippen molar-refractivity contribution < 1.29 is 23.5 Å². The van der Waals surface area contributed by atoms with Crippen molar-refractivity contribution in [3.05, 3.63) is 29.8 Å². The van der Waals surface area contributed by atoms with E-state index in [1.165, 1.54) is 12.1 Å². The third kappa shape index (κ3) is 5.38. The highest BCUT2D eigenvalue weighted by Gasteiger charge is 2.26. The summed E-state index contributed by atoms with van der Waals surface area (Å²) in [6.45, 7) is 3.81. The number of anilines is 1. The third-order valence-corrected chi connectivity index (χ3v) is 4.60. The molecule has 0 aliphatic carbocycles. The second-order valence-electron chi connectivity index (χ2n) is 6.06. The minimum absolute atomic E-state index is 0.127. The quantitative estimate of drug-likeness (QED) is 0.786.